The van der Waals surface area contributed by atoms with Crippen molar-refractivity contribution in [2.75, 3.05) is 37.9 Å². The van der Waals surface area contributed by atoms with Crippen LogP contribution in [0.25, 0.3) is 11.3 Å². The van der Waals surface area contributed by atoms with Crippen LogP contribution in [0.1, 0.15) is 12.8 Å². The number of thiazole rings is 1. The largest absolute Gasteiger partial charge is 0.376 e. The third-order valence-electron chi connectivity index (χ3n) is 4.57. The number of ether oxygens (including phenoxy) is 1. The lowest BCUT2D eigenvalue weighted by atomic mass is 10.2. The van der Waals surface area contributed by atoms with Crippen LogP contribution in [-0.2, 0) is 19.6 Å². The Bertz CT molecular complexity index is 991. The van der Waals surface area contributed by atoms with Crippen LogP contribution in [-0.4, -0.2) is 62.7 Å². The maximum atomic E-state index is 12.9. The Morgan fingerprint density at radius 2 is 2.14 bits per heavy atom. The SMILES string of the molecule is CN(CC(=O)N(CC1CCCO1)c1nc(-c2ccc(Cl)cc2Cl)cs1)S(C)(=O)=O. The van der Waals surface area contributed by atoms with Gasteiger partial charge in [-0.1, -0.05) is 23.2 Å². The molecule has 1 amide bonds. The molecule has 11 heteroatoms. The second-order valence-electron chi connectivity index (χ2n) is 6.80. The molecule has 1 saturated heterocycles. The van der Waals surface area contributed by atoms with Gasteiger partial charge in [-0.2, -0.15) is 4.31 Å². The summed E-state index contributed by atoms with van der Waals surface area (Å²) in [7, 11) is -2.11. The van der Waals surface area contributed by atoms with Gasteiger partial charge in [0, 0.05) is 29.6 Å². The minimum Gasteiger partial charge on any atom is -0.376 e. The average molecular weight is 478 g/mol. The topological polar surface area (TPSA) is 79.8 Å². The van der Waals surface area contributed by atoms with Crippen molar-refractivity contribution in [3.8, 4) is 11.3 Å². The number of carbonyl (C=O) groups is 1. The second-order valence-corrected chi connectivity index (χ2v) is 10.6. The standard InChI is InChI=1S/C18H21Cl2N3O4S2/c1-22(29(2,25)26)10-17(24)23(9-13-4-3-7-27-13)18-21-16(11-28-18)14-6-5-12(19)8-15(14)20/h5-6,8,11,13H,3-4,7,9-10H2,1-2H3. The Morgan fingerprint density at radius 1 is 1.38 bits per heavy atom. The Labute approximate surface area is 184 Å². The average Bonchev–Trinajstić information content (AvgIpc) is 3.30. The van der Waals surface area contributed by atoms with Gasteiger partial charge in [-0.25, -0.2) is 13.4 Å². The first-order chi connectivity index (χ1) is 13.6. The Hall–Kier alpha value is -1.23. The summed E-state index contributed by atoms with van der Waals surface area (Å²) in [6.45, 7) is 0.694. The van der Waals surface area contributed by atoms with Crippen LogP contribution >= 0.6 is 34.5 Å². The predicted molar refractivity (Wildman–Crippen MR) is 116 cm³/mol. The minimum absolute atomic E-state index is 0.103. The molecule has 0 bridgehead atoms. The van der Waals surface area contributed by atoms with Crippen LogP contribution in [0.4, 0.5) is 5.13 Å². The third-order valence-corrected chi connectivity index (χ3v) is 7.24. The number of hydrogen-bond donors (Lipinski definition) is 0. The quantitative estimate of drug-likeness (QED) is 0.609. The zero-order valence-electron chi connectivity index (χ0n) is 16.0. The van der Waals surface area contributed by atoms with Crippen molar-refractivity contribution < 1.29 is 17.9 Å². The first-order valence-electron chi connectivity index (χ1n) is 8.89. The Morgan fingerprint density at radius 3 is 2.76 bits per heavy atom. The number of rotatable bonds is 7. The zero-order valence-corrected chi connectivity index (χ0v) is 19.1. The first kappa shape index (κ1) is 22.5. The van der Waals surface area contributed by atoms with Crippen molar-refractivity contribution >= 4 is 55.6 Å². The van der Waals surface area contributed by atoms with E-state index in [1.807, 2.05) is 0 Å². The van der Waals surface area contributed by atoms with Crippen molar-refractivity contribution in [2.24, 2.45) is 0 Å². The van der Waals surface area contributed by atoms with Crippen molar-refractivity contribution in [1.82, 2.24) is 9.29 Å². The molecule has 0 spiro atoms. The molecule has 7 nitrogen and oxygen atoms in total. The number of nitrogens with zero attached hydrogens (tertiary/aromatic N) is 3. The summed E-state index contributed by atoms with van der Waals surface area (Å²) in [5, 5.41) is 3.25. The van der Waals surface area contributed by atoms with E-state index in [2.05, 4.69) is 4.98 Å². The summed E-state index contributed by atoms with van der Waals surface area (Å²) in [5.74, 6) is -0.364. The lowest BCUT2D eigenvalue weighted by molar-refractivity contribution is -0.119. The fourth-order valence-electron chi connectivity index (χ4n) is 2.88. The monoisotopic (exact) mass is 477 g/mol. The van der Waals surface area contributed by atoms with Gasteiger partial charge in [0.05, 0.1) is 36.2 Å². The van der Waals surface area contributed by atoms with Crippen LogP contribution in [0.15, 0.2) is 23.6 Å². The van der Waals surface area contributed by atoms with Gasteiger partial charge in [-0.15, -0.1) is 11.3 Å². The van der Waals surface area contributed by atoms with Crippen molar-refractivity contribution in [1.29, 1.82) is 0 Å². The van der Waals surface area contributed by atoms with E-state index in [9.17, 15) is 13.2 Å². The van der Waals surface area contributed by atoms with Gasteiger partial charge < -0.3 is 4.74 Å². The van der Waals surface area contributed by atoms with Gasteiger partial charge in [0.25, 0.3) is 0 Å². The molecule has 1 aromatic heterocycles. The van der Waals surface area contributed by atoms with E-state index in [0.717, 1.165) is 23.4 Å². The molecular weight excluding hydrogens is 457 g/mol. The molecule has 1 unspecified atom stereocenters. The van der Waals surface area contributed by atoms with Crippen LogP contribution in [0.5, 0.6) is 0 Å². The summed E-state index contributed by atoms with van der Waals surface area (Å²) >= 11 is 13.5. The summed E-state index contributed by atoms with van der Waals surface area (Å²) in [6.07, 6.45) is 2.73. The molecule has 29 heavy (non-hydrogen) atoms. The first-order valence-corrected chi connectivity index (χ1v) is 12.4. The van der Waals surface area contributed by atoms with Gasteiger partial charge in [0.1, 0.15) is 0 Å². The number of sulfonamides is 1. The summed E-state index contributed by atoms with van der Waals surface area (Å²) in [6, 6.07) is 5.12. The maximum absolute atomic E-state index is 12.9. The van der Waals surface area contributed by atoms with E-state index in [1.54, 1.807) is 23.6 Å². The number of benzene rings is 1. The molecule has 0 aliphatic carbocycles. The van der Waals surface area contributed by atoms with E-state index in [0.29, 0.717) is 39.6 Å². The highest BCUT2D eigenvalue weighted by molar-refractivity contribution is 7.88. The van der Waals surface area contributed by atoms with Crippen molar-refractivity contribution in [3.63, 3.8) is 0 Å². The summed E-state index contributed by atoms with van der Waals surface area (Å²) < 4.78 is 30.1. The number of amides is 1. The highest BCUT2D eigenvalue weighted by atomic mass is 35.5. The van der Waals surface area contributed by atoms with Crippen LogP contribution in [0.3, 0.4) is 0 Å². The highest BCUT2D eigenvalue weighted by Gasteiger charge is 2.28. The molecule has 0 N–H and O–H groups in total. The molecule has 1 aliphatic rings. The zero-order chi connectivity index (χ0) is 21.2. The predicted octanol–water partition coefficient (Wildman–Crippen LogP) is 3.52. The van der Waals surface area contributed by atoms with Crippen LogP contribution in [0.2, 0.25) is 10.0 Å². The fourth-order valence-corrected chi connectivity index (χ4v) is 4.58. The highest BCUT2D eigenvalue weighted by Crippen LogP contribution is 2.34. The molecule has 1 aromatic carbocycles. The van der Waals surface area contributed by atoms with E-state index >= 15 is 0 Å². The van der Waals surface area contributed by atoms with Crippen LogP contribution in [0, 0.1) is 0 Å². The molecule has 2 aromatic rings. The van der Waals surface area contributed by atoms with Gasteiger partial charge in [0.2, 0.25) is 15.9 Å². The lowest BCUT2D eigenvalue weighted by Crippen LogP contribution is -2.44. The van der Waals surface area contributed by atoms with Gasteiger partial charge in [-0.05, 0) is 31.0 Å². The maximum Gasteiger partial charge on any atom is 0.244 e. The molecule has 158 valence electrons. The molecule has 1 fully saturated rings. The van der Waals surface area contributed by atoms with Gasteiger partial charge in [0.15, 0.2) is 5.13 Å². The number of likely N-dealkylation sites (N-methyl/N-ethyl adjacent to an activating group) is 1. The Kier molecular flexibility index (Phi) is 7.19. The second kappa shape index (κ2) is 9.28. The van der Waals surface area contributed by atoms with E-state index in [-0.39, 0.29) is 18.6 Å². The molecule has 1 atom stereocenters. The molecule has 1 aliphatic heterocycles. The molecular formula is C18H21Cl2N3O4S2. The lowest BCUT2D eigenvalue weighted by Gasteiger charge is -2.25. The van der Waals surface area contributed by atoms with E-state index in [1.165, 1.54) is 23.3 Å². The van der Waals surface area contributed by atoms with Crippen molar-refractivity contribution in [2.45, 2.75) is 18.9 Å². The number of carbonyl (C=O) groups excluding carboxylic acids is 1. The van der Waals surface area contributed by atoms with E-state index in [4.69, 9.17) is 27.9 Å². The van der Waals surface area contributed by atoms with Gasteiger partial charge in [-0.3, -0.25) is 9.69 Å². The number of anilines is 1. The third kappa shape index (κ3) is 5.68. The number of aromatic nitrogens is 1. The van der Waals surface area contributed by atoms with E-state index < -0.39 is 10.0 Å². The smallest absolute Gasteiger partial charge is 0.244 e. The minimum atomic E-state index is -3.48. The van der Waals surface area contributed by atoms with Crippen molar-refractivity contribution in [3.05, 3.63) is 33.6 Å². The number of hydrogen-bond acceptors (Lipinski definition) is 6. The fraction of sp³-hybridized carbons (Fsp3) is 0.444. The molecule has 2 heterocycles. The Balaban J connectivity index is 1.87. The van der Waals surface area contributed by atoms with Gasteiger partial charge >= 0.3 is 0 Å². The molecule has 0 saturated carbocycles. The normalized spacial score (nSPS) is 17.1. The molecule has 3 rings (SSSR count). The molecule has 0 radical (unpaired) electrons. The summed E-state index contributed by atoms with van der Waals surface area (Å²) in [5.41, 5.74) is 1.32. The summed E-state index contributed by atoms with van der Waals surface area (Å²) in [4.78, 5) is 19.0. The number of halogens is 2. The van der Waals surface area contributed by atoms with Crippen LogP contribution < -0.4 is 4.90 Å².